The molecule has 1 atom stereocenters. The number of nitrogens with zero attached hydrogens (tertiary/aromatic N) is 2. The SMILES string of the molecule is CC(C)c1cccc(N2CC(C(=O)NC3CCN(S(C)(=O)=O)CC3)CC2=O)c1. The molecule has 2 fully saturated rings. The average Bonchev–Trinajstić information content (AvgIpc) is 3.03. The first-order chi connectivity index (χ1) is 13.1. The summed E-state index contributed by atoms with van der Waals surface area (Å²) in [6.07, 6.45) is 2.61. The predicted octanol–water partition coefficient (Wildman–Crippen LogP) is 1.70. The number of benzene rings is 1. The molecule has 154 valence electrons. The minimum Gasteiger partial charge on any atom is -0.353 e. The highest BCUT2D eigenvalue weighted by Gasteiger charge is 2.36. The first-order valence-corrected chi connectivity index (χ1v) is 11.7. The van der Waals surface area contributed by atoms with Crippen molar-refractivity contribution in [2.75, 3.05) is 30.8 Å². The number of piperidine rings is 1. The molecule has 8 heteroatoms. The number of rotatable bonds is 5. The maximum atomic E-state index is 12.7. The molecule has 1 N–H and O–H groups in total. The Bertz CT molecular complexity index is 845. The first kappa shape index (κ1) is 20.8. The number of hydrogen-bond acceptors (Lipinski definition) is 4. The summed E-state index contributed by atoms with van der Waals surface area (Å²) in [6.45, 7) is 5.43. The van der Waals surface area contributed by atoms with Crippen molar-refractivity contribution in [2.45, 2.75) is 45.1 Å². The van der Waals surface area contributed by atoms with Crippen LogP contribution in [0.2, 0.25) is 0 Å². The van der Waals surface area contributed by atoms with Gasteiger partial charge in [0.1, 0.15) is 0 Å². The highest BCUT2D eigenvalue weighted by molar-refractivity contribution is 7.88. The highest BCUT2D eigenvalue weighted by Crippen LogP contribution is 2.28. The van der Waals surface area contributed by atoms with Gasteiger partial charge in [0.25, 0.3) is 0 Å². The lowest BCUT2D eigenvalue weighted by Crippen LogP contribution is -2.47. The number of nitrogens with one attached hydrogen (secondary N) is 1. The molecule has 1 unspecified atom stereocenters. The van der Waals surface area contributed by atoms with Gasteiger partial charge in [-0.05, 0) is 36.5 Å². The van der Waals surface area contributed by atoms with E-state index in [0.717, 1.165) is 11.3 Å². The molecule has 3 rings (SSSR count). The molecule has 2 aliphatic heterocycles. The minimum absolute atomic E-state index is 0.0343. The molecule has 2 heterocycles. The van der Waals surface area contributed by atoms with Crippen LogP contribution < -0.4 is 10.2 Å². The van der Waals surface area contributed by atoms with Crippen LogP contribution in [0.1, 0.15) is 44.6 Å². The van der Waals surface area contributed by atoms with Crippen LogP contribution in [0.15, 0.2) is 24.3 Å². The second kappa shape index (κ2) is 8.21. The Labute approximate surface area is 167 Å². The maximum Gasteiger partial charge on any atom is 0.227 e. The molecule has 0 radical (unpaired) electrons. The first-order valence-electron chi connectivity index (χ1n) is 9.81. The maximum absolute atomic E-state index is 12.7. The summed E-state index contributed by atoms with van der Waals surface area (Å²) in [6, 6.07) is 7.87. The number of anilines is 1. The molecule has 0 spiro atoms. The molecule has 1 aromatic carbocycles. The molecule has 1 aromatic rings. The van der Waals surface area contributed by atoms with Gasteiger partial charge in [-0.1, -0.05) is 26.0 Å². The highest BCUT2D eigenvalue weighted by atomic mass is 32.2. The number of carbonyl (C=O) groups is 2. The zero-order chi connectivity index (χ0) is 20.5. The second-order valence-corrected chi connectivity index (χ2v) is 10.1. The van der Waals surface area contributed by atoms with Crippen LogP contribution in [0.25, 0.3) is 0 Å². The molecule has 0 aliphatic carbocycles. The number of carbonyl (C=O) groups excluding carboxylic acids is 2. The standard InChI is InChI=1S/C20H29N3O4S/c1-14(2)15-5-4-6-18(11-15)23-13-16(12-19(23)24)20(25)21-17-7-9-22(10-8-17)28(3,26)27/h4-6,11,14,16-17H,7-10,12-13H2,1-3H3,(H,21,25). The monoisotopic (exact) mass is 407 g/mol. The number of sulfonamides is 1. The van der Waals surface area contributed by atoms with E-state index in [2.05, 4.69) is 19.2 Å². The van der Waals surface area contributed by atoms with Crippen molar-refractivity contribution in [3.8, 4) is 0 Å². The molecular weight excluding hydrogens is 378 g/mol. The molecule has 0 bridgehead atoms. The third-order valence-corrected chi connectivity index (χ3v) is 6.92. The fraction of sp³-hybridized carbons (Fsp3) is 0.600. The van der Waals surface area contributed by atoms with Gasteiger partial charge in [-0.2, -0.15) is 0 Å². The van der Waals surface area contributed by atoms with E-state index >= 15 is 0 Å². The Morgan fingerprint density at radius 1 is 1.21 bits per heavy atom. The van der Waals surface area contributed by atoms with Crippen LogP contribution in [0.5, 0.6) is 0 Å². The summed E-state index contributed by atoms with van der Waals surface area (Å²) in [5.41, 5.74) is 2.00. The molecule has 7 nitrogen and oxygen atoms in total. The van der Waals surface area contributed by atoms with E-state index in [1.807, 2.05) is 24.3 Å². The van der Waals surface area contributed by atoms with Gasteiger partial charge >= 0.3 is 0 Å². The van der Waals surface area contributed by atoms with Crippen molar-refractivity contribution in [1.82, 2.24) is 9.62 Å². The third-order valence-electron chi connectivity index (χ3n) is 5.61. The van der Waals surface area contributed by atoms with E-state index in [9.17, 15) is 18.0 Å². The van der Waals surface area contributed by atoms with Gasteiger partial charge in [0, 0.05) is 37.8 Å². The quantitative estimate of drug-likeness (QED) is 0.805. The Hall–Kier alpha value is -1.93. The van der Waals surface area contributed by atoms with Crippen LogP contribution in [0, 0.1) is 5.92 Å². The minimum atomic E-state index is -3.18. The average molecular weight is 408 g/mol. The Morgan fingerprint density at radius 3 is 2.50 bits per heavy atom. The third kappa shape index (κ3) is 4.72. The molecule has 0 saturated carbocycles. The summed E-state index contributed by atoms with van der Waals surface area (Å²) in [4.78, 5) is 26.9. The van der Waals surface area contributed by atoms with Crippen LogP contribution in [-0.4, -0.2) is 56.5 Å². The van der Waals surface area contributed by atoms with Gasteiger partial charge < -0.3 is 10.2 Å². The molecule has 0 aromatic heterocycles. The molecular formula is C20H29N3O4S. The zero-order valence-electron chi connectivity index (χ0n) is 16.7. The summed E-state index contributed by atoms with van der Waals surface area (Å²) >= 11 is 0. The summed E-state index contributed by atoms with van der Waals surface area (Å²) < 4.78 is 24.6. The van der Waals surface area contributed by atoms with E-state index in [0.29, 0.717) is 38.4 Å². The fourth-order valence-corrected chi connectivity index (χ4v) is 4.71. The summed E-state index contributed by atoms with van der Waals surface area (Å²) in [5, 5.41) is 3.02. The van der Waals surface area contributed by atoms with Gasteiger partial charge in [-0.3, -0.25) is 9.59 Å². The fourth-order valence-electron chi connectivity index (χ4n) is 3.84. The van der Waals surface area contributed by atoms with Crippen LogP contribution in [0.4, 0.5) is 5.69 Å². The van der Waals surface area contributed by atoms with Gasteiger partial charge in [-0.15, -0.1) is 0 Å². The van der Waals surface area contributed by atoms with Crippen molar-refractivity contribution in [2.24, 2.45) is 5.92 Å². The predicted molar refractivity (Wildman–Crippen MR) is 109 cm³/mol. The number of hydrogen-bond donors (Lipinski definition) is 1. The lowest BCUT2D eigenvalue weighted by Gasteiger charge is -2.31. The van der Waals surface area contributed by atoms with E-state index in [4.69, 9.17) is 0 Å². The lowest BCUT2D eigenvalue weighted by molar-refractivity contribution is -0.127. The molecule has 2 saturated heterocycles. The lowest BCUT2D eigenvalue weighted by atomic mass is 10.0. The van der Waals surface area contributed by atoms with E-state index in [1.165, 1.54) is 10.6 Å². The van der Waals surface area contributed by atoms with Crippen LogP contribution in [-0.2, 0) is 19.6 Å². The van der Waals surface area contributed by atoms with Crippen molar-refractivity contribution in [1.29, 1.82) is 0 Å². The Morgan fingerprint density at radius 2 is 1.89 bits per heavy atom. The van der Waals surface area contributed by atoms with Crippen LogP contribution in [0.3, 0.4) is 0 Å². The van der Waals surface area contributed by atoms with E-state index in [-0.39, 0.29) is 30.2 Å². The van der Waals surface area contributed by atoms with Crippen molar-refractivity contribution in [3.05, 3.63) is 29.8 Å². The van der Waals surface area contributed by atoms with Gasteiger partial charge in [-0.25, -0.2) is 12.7 Å². The van der Waals surface area contributed by atoms with Crippen molar-refractivity contribution >= 4 is 27.5 Å². The normalized spacial score (nSPS) is 22.1. The second-order valence-electron chi connectivity index (χ2n) is 8.10. The largest absolute Gasteiger partial charge is 0.353 e. The smallest absolute Gasteiger partial charge is 0.227 e. The van der Waals surface area contributed by atoms with Gasteiger partial charge in [0.15, 0.2) is 0 Å². The van der Waals surface area contributed by atoms with Crippen LogP contribution >= 0.6 is 0 Å². The summed E-state index contributed by atoms with van der Waals surface area (Å²) in [7, 11) is -3.18. The van der Waals surface area contributed by atoms with Gasteiger partial charge in [0.05, 0.1) is 12.2 Å². The molecule has 2 aliphatic rings. The summed E-state index contributed by atoms with van der Waals surface area (Å²) in [5.74, 6) is -0.153. The van der Waals surface area contributed by atoms with E-state index in [1.54, 1.807) is 4.90 Å². The topological polar surface area (TPSA) is 86.8 Å². The Kier molecular flexibility index (Phi) is 6.09. The van der Waals surface area contributed by atoms with Crippen molar-refractivity contribution in [3.63, 3.8) is 0 Å². The number of amides is 2. The van der Waals surface area contributed by atoms with Gasteiger partial charge in [0.2, 0.25) is 21.8 Å². The van der Waals surface area contributed by atoms with Crippen molar-refractivity contribution < 1.29 is 18.0 Å². The Balaban J connectivity index is 1.58. The molecule has 28 heavy (non-hydrogen) atoms. The zero-order valence-corrected chi connectivity index (χ0v) is 17.5. The van der Waals surface area contributed by atoms with E-state index < -0.39 is 10.0 Å². The molecule has 2 amide bonds.